The van der Waals surface area contributed by atoms with Crippen molar-refractivity contribution in [2.75, 3.05) is 4.72 Å². The van der Waals surface area contributed by atoms with Gasteiger partial charge in [-0.05, 0) is 24.3 Å². The van der Waals surface area contributed by atoms with Gasteiger partial charge >= 0.3 is 0 Å². The van der Waals surface area contributed by atoms with Crippen LogP contribution in [0.1, 0.15) is 0 Å². The molecule has 0 atom stereocenters. The fourth-order valence-corrected chi connectivity index (χ4v) is 2.39. The maximum Gasteiger partial charge on any atom is 0.272 e. The summed E-state index contributed by atoms with van der Waals surface area (Å²) in [6, 6.07) is 10.8. The third kappa shape index (κ3) is 2.54. The minimum absolute atomic E-state index is 0.00338. The van der Waals surface area contributed by atoms with Crippen molar-refractivity contribution in [2.45, 2.75) is 4.90 Å². The van der Waals surface area contributed by atoms with Gasteiger partial charge in [-0.2, -0.15) is 0 Å². The Labute approximate surface area is 98.2 Å². The largest absolute Gasteiger partial charge is 0.327 e. The molecule has 1 aromatic heterocycles. The Balaban J connectivity index is 2.37. The fourth-order valence-electron chi connectivity index (χ4n) is 1.31. The van der Waals surface area contributed by atoms with Gasteiger partial charge in [-0.25, -0.2) is 8.42 Å². The number of aromatic amines is 1. The molecule has 0 bridgehead atoms. The molecule has 0 radical (unpaired) electrons. The molecule has 0 amide bonds. The van der Waals surface area contributed by atoms with Crippen LogP contribution in [0.4, 0.5) is 5.69 Å². The van der Waals surface area contributed by atoms with Crippen molar-refractivity contribution in [1.82, 2.24) is 4.98 Å². The van der Waals surface area contributed by atoms with Crippen LogP contribution in [0, 0.1) is 0 Å². The molecule has 2 rings (SSSR count). The first-order chi connectivity index (χ1) is 8.09. The molecule has 5 nitrogen and oxygen atoms in total. The van der Waals surface area contributed by atoms with E-state index in [0.29, 0.717) is 0 Å². The van der Waals surface area contributed by atoms with Crippen molar-refractivity contribution in [1.29, 1.82) is 0 Å². The Morgan fingerprint density at radius 3 is 2.35 bits per heavy atom. The lowest BCUT2D eigenvalue weighted by atomic mass is 10.4. The van der Waals surface area contributed by atoms with Gasteiger partial charge in [-0.1, -0.05) is 18.2 Å². The van der Waals surface area contributed by atoms with Crippen molar-refractivity contribution in [3.63, 3.8) is 0 Å². The normalized spacial score (nSPS) is 11.1. The van der Waals surface area contributed by atoms with Crippen LogP contribution in [0.5, 0.6) is 0 Å². The average molecular weight is 250 g/mol. The zero-order valence-corrected chi connectivity index (χ0v) is 9.57. The Kier molecular flexibility index (Phi) is 2.97. The van der Waals surface area contributed by atoms with E-state index in [2.05, 4.69) is 9.71 Å². The van der Waals surface area contributed by atoms with Crippen LogP contribution in [0.2, 0.25) is 0 Å². The van der Waals surface area contributed by atoms with E-state index in [4.69, 9.17) is 0 Å². The second-order valence-corrected chi connectivity index (χ2v) is 5.01. The quantitative estimate of drug-likeness (QED) is 0.858. The predicted octanol–water partition coefficient (Wildman–Crippen LogP) is 1.18. The zero-order chi connectivity index (χ0) is 12.3. The molecule has 0 aliphatic heterocycles. The summed E-state index contributed by atoms with van der Waals surface area (Å²) in [5, 5.41) is 0. The molecule has 1 heterocycles. The highest BCUT2D eigenvalue weighted by molar-refractivity contribution is 7.92. The lowest BCUT2D eigenvalue weighted by Crippen LogP contribution is -2.19. The number of aromatic nitrogens is 1. The maximum atomic E-state index is 11.9. The molecule has 0 aliphatic rings. The molecule has 2 aromatic rings. The first-order valence-corrected chi connectivity index (χ1v) is 6.33. The molecule has 0 saturated heterocycles. The fraction of sp³-hybridized carbons (Fsp3) is 0. The molecular weight excluding hydrogens is 240 g/mol. The third-order valence-corrected chi connectivity index (χ3v) is 3.50. The van der Waals surface area contributed by atoms with E-state index in [1.807, 2.05) is 0 Å². The van der Waals surface area contributed by atoms with Crippen molar-refractivity contribution in [2.24, 2.45) is 0 Å². The average Bonchev–Trinajstić information content (AvgIpc) is 2.33. The summed E-state index contributed by atoms with van der Waals surface area (Å²) in [5.41, 5.74) is -0.483. The van der Waals surface area contributed by atoms with Crippen LogP contribution >= 0.6 is 0 Å². The number of pyridine rings is 1. The van der Waals surface area contributed by atoms with Crippen LogP contribution in [-0.2, 0) is 10.0 Å². The number of rotatable bonds is 3. The minimum Gasteiger partial charge on any atom is -0.327 e. The first-order valence-electron chi connectivity index (χ1n) is 4.85. The molecule has 17 heavy (non-hydrogen) atoms. The van der Waals surface area contributed by atoms with E-state index in [1.165, 1.54) is 24.4 Å². The van der Waals surface area contributed by atoms with Gasteiger partial charge in [-0.3, -0.25) is 9.52 Å². The topological polar surface area (TPSA) is 79.0 Å². The smallest absolute Gasteiger partial charge is 0.272 e. The van der Waals surface area contributed by atoms with E-state index in [9.17, 15) is 13.2 Å². The molecule has 2 N–H and O–H groups in total. The van der Waals surface area contributed by atoms with Crippen LogP contribution < -0.4 is 10.3 Å². The Morgan fingerprint density at radius 2 is 1.71 bits per heavy atom. The van der Waals surface area contributed by atoms with Gasteiger partial charge in [0.25, 0.3) is 15.6 Å². The summed E-state index contributed by atoms with van der Waals surface area (Å²) in [6.07, 6.45) is 1.43. The number of benzene rings is 1. The van der Waals surface area contributed by atoms with E-state index < -0.39 is 15.6 Å². The van der Waals surface area contributed by atoms with E-state index in [1.54, 1.807) is 24.3 Å². The Hall–Kier alpha value is -2.08. The number of H-pyrrole nitrogens is 1. The van der Waals surface area contributed by atoms with Crippen LogP contribution in [0.25, 0.3) is 0 Å². The summed E-state index contributed by atoms with van der Waals surface area (Å²) < 4.78 is 26.0. The Bertz CT molecular complexity index is 662. The highest BCUT2D eigenvalue weighted by Crippen LogP contribution is 2.11. The lowest BCUT2D eigenvalue weighted by molar-refractivity contribution is 0.601. The van der Waals surface area contributed by atoms with E-state index in [-0.39, 0.29) is 10.6 Å². The molecule has 6 heteroatoms. The zero-order valence-electron chi connectivity index (χ0n) is 8.75. The highest BCUT2D eigenvalue weighted by Gasteiger charge is 2.14. The highest BCUT2D eigenvalue weighted by atomic mass is 32.2. The third-order valence-electron chi connectivity index (χ3n) is 2.12. The standard InChI is InChI=1S/C11H10N2O3S/c14-11-10(7-4-8-12-11)13-17(15,16)9-5-2-1-3-6-9/h1-8,13H,(H,12,14). The van der Waals surface area contributed by atoms with Crippen molar-refractivity contribution in [3.8, 4) is 0 Å². The van der Waals surface area contributed by atoms with Gasteiger partial charge in [0.15, 0.2) is 0 Å². The summed E-state index contributed by atoms with van der Waals surface area (Å²) in [7, 11) is -3.71. The molecule has 0 unspecified atom stereocenters. The Morgan fingerprint density at radius 1 is 1.00 bits per heavy atom. The van der Waals surface area contributed by atoms with Crippen LogP contribution in [0.3, 0.4) is 0 Å². The second kappa shape index (κ2) is 4.42. The number of anilines is 1. The van der Waals surface area contributed by atoms with E-state index >= 15 is 0 Å². The SMILES string of the molecule is O=c1[nH]cccc1NS(=O)(=O)c1ccccc1. The van der Waals surface area contributed by atoms with Gasteiger partial charge in [0.2, 0.25) is 0 Å². The lowest BCUT2D eigenvalue weighted by Gasteiger charge is -2.06. The number of hydrogen-bond donors (Lipinski definition) is 2. The summed E-state index contributed by atoms with van der Waals surface area (Å²) in [4.78, 5) is 13.9. The number of sulfonamides is 1. The molecule has 0 spiro atoms. The summed E-state index contributed by atoms with van der Waals surface area (Å²) >= 11 is 0. The van der Waals surface area contributed by atoms with E-state index in [0.717, 1.165) is 0 Å². The van der Waals surface area contributed by atoms with Crippen molar-refractivity contribution < 1.29 is 8.42 Å². The monoisotopic (exact) mass is 250 g/mol. The number of hydrogen-bond acceptors (Lipinski definition) is 3. The minimum atomic E-state index is -3.71. The molecule has 0 fully saturated rings. The molecular formula is C11H10N2O3S. The maximum absolute atomic E-state index is 11.9. The van der Waals surface area contributed by atoms with Crippen LogP contribution in [0.15, 0.2) is 58.4 Å². The van der Waals surface area contributed by atoms with Gasteiger partial charge in [0.1, 0.15) is 5.69 Å². The predicted molar refractivity (Wildman–Crippen MR) is 64.3 cm³/mol. The molecule has 88 valence electrons. The van der Waals surface area contributed by atoms with Gasteiger partial charge in [0, 0.05) is 6.20 Å². The first kappa shape index (κ1) is 11.4. The summed E-state index contributed by atoms with van der Waals surface area (Å²) in [5.74, 6) is 0. The molecule has 1 aromatic carbocycles. The molecule has 0 aliphatic carbocycles. The van der Waals surface area contributed by atoms with Crippen LogP contribution in [-0.4, -0.2) is 13.4 Å². The van der Waals surface area contributed by atoms with Gasteiger partial charge in [-0.15, -0.1) is 0 Å². The molecule has 0 saturated carbocycles. The van der Waals surface area contributed by atoms with Gasteiger partial charge in [0.05, 0.1) is 4.90 Å². The summed E-state index contributed by atoms with van der Waals surface area (Å²) in [6.45, 7) is 0. The second-order valence-electron chi connectivity index (χ2n) is 3.33. The van der Waals surface area contributed by atoms with Crippen molar-refractivity contribution in [3.05, 3.63) is 59.0 Å². The number of nitrogens with one attached hydrogen (secondary N) is 2. The van der Waals surface area contributed by atoms with Crippen molar-refractivity contribution >= 4 is 15.7 Å². The van der Waals surface area contributed by atoms with Gasteiger partial charge < -0.3 is 4.98 Å².